The van der Waals surface area contributed by atoms with Crippen molar-refractivity contribution in [1.29, 1.82) is 0 Å². The molecule has 3 rings (SSSR count). The number of carbonyl (C=O) groups is 1. The Labute approximate surface area is 101 Å². The summed E-state index contributed by atoms with van der Waals surface area (Å²) in [4.78, 5) is 12.2. The fourth-order valence-corrected chi connectivity index (χ4v) is 3.08. The van der Waals surface area contributed by atoms with Gasteiger partial charge in [0.25, 0.3) is 0 Å². The molecule has 0 spiro atoms. The normalized spacial score (nSPS) is 31.6. The topological polar surface area (TPSA) is 66.6 Å². The minimum Gasteiger partial charge on any atom is -0.465 e. The Morgan fingerprint density at radius 2 is 2.19 bits per heavy atom. The molecular formula is C10H11BrN2O3. The number of piperidine rings is 1. The van der Waals surface area contributed by atoms with Gasteiger partial charge in [0.05, 0.1) is 4.47 Å². The summed E-state index contributed by atoms with van der Waals surface area (Å²) in [5.41, 5.74) is 0.956. The summed E-state index contributed by atoms with van der Waals surface area (Å²) in [7, 11) is 0. The molecule has 1 aliphatic carbocycles. The molecule has 1 amide bonds. The summed E-state index contributed by atoms with van der Waals surface area (Å²) in [5, 5.41) is 12.9. The predicted molar refractivity (Wildman–Crippen MR) is 58.3 cm³/mol. The zero-order valence-electron chi connectivity index (χ0n) is 8.68. The molecule has 2 unspecified atom stereocenters. The molecule has 0 radical (unpaired) electrons. The lowest BCUT2D eigenvalue weighted by molar-refractivity contribution is 0.150. The summed E-state index contributed by atoms with van der Waals surface area (Å²) < 4.78 is 6.05. The van der Waals surface area contributed by atoms with Crippen LogP contribution in [-0.4, -0.2) is 34.3 Å². The van der Waals surface area contributed by atoms with Gasteiger partial charge in [0, 0.05) is 19.0 Å². The first kappa shape index (κ1) is 10.1. The van der Waals surface area contributed by atoms with Crippen LogP contribution in [0.25, 0.3) is 0 Å². The van der Waals surface area contributed by atoms with E-state index in [0.717, 1.165) is 15.9 Å². The molecule has 1 aromatic heterocycles. The van der Waals surface area contributed by atoms with Gasteiger partial charge in [0.1, 0.15) is 11.5 Å². The first-order chi connectivity index (χ1) is 7.59. The lowest BCUT2D eigenvalue weighted by Gasteiger charge is -2.14. The first-order valence-corrected chi connectivity index (χ1v) is 5.98. The van der Waals surface area contributed by atoms with Crippen LogP contribution >= 0.6 is 15.9 Å². The van der Waals surface area contributed by atoms with Crippen molar-refractivity contribution in [3.63, 3.8) is 0 Å². The SMILES string of the molecule is Cc1onc(C2C3CN(C(=O)O)CC32)c1Br. The number of likely N-dealkylation sites (tertiary alicyclic amines) is 1. The molecule has 86 valence electrons. The van der Waals surface area contributed by atoms with Crippen molar-refractivity contribution in [1.82, 2.24) is 10.1 Å². The lowest BCUT2D eigenvalue weighted by Crippen LogP contribution is -2.29. The molecular weight excluding hydrogens is 276 g/mol. The summed E-state index contributed by atoms with van der Waals surface area (Å²) in [6.45, 7) is 3.12. The van der Waals surface area contributed by atoms with Crippen LogP contribution in [0.15, 0.2) is 9.00 Å². The highest BCUT2D eigenvalue weighted by molar-refractivity contribution is 9.10. The van der Waals surface area contributed by atoms with E-state index in [2.05, 4.69) is 21.1 Å². The average Bonchev–Trinajstić information content (AvgIpc) is 2.61. The minimum absolute atomic E-state index is 0.377. The number of nitrogens with zero attached hydrogens (tertiary/aromatic N) is 2. The van der Waals surface area contributed by atoms with E-state index in [1.165, 1.54) is 4.90 Å². The van der Waals surface area contributed by atoms with Gasteiger partial charge >= 0.3 is 6.09 Å². The van der Waals surface area contributed by atoms with Crippen LogP contribution in [0.5, 0.6) is 0 Å². The summed E-state index contributed by atoms with van der Waals surface area (Å²) in [6.07, 6.45) is -0.818. The van der Waals surface area contributed by atoms with Gasteiger partial charge in [-0.05, 0) is 34.7 Å². The fraction of sp³-hybridized carbons (Fsp3) is 0.600. The summed E-state index contributed by atoms with van der Waals surface area (Å²) in [6, 6.07) is 0. The van der Waals surface area contributed by atoms with Crippen LogP contribution in [0.1, 0.15) is 17.4 Å². The number of amides is 1. The molecule has 1 aliphatic heterocycles. The Balaban J connectivity index is 1.75. The van der Waals surface area contributed by atoms with Crippen LogP contribution in [0.3, 0.4) is 0 Å². The third-order valence-corrected chi connectivity index (χ3v) is 4.56. The number of aryl methyl sites for hydroxylation is 1. The molecule has 16 heavy (non-hydrogen) atoms. The Kier molecular flexibility index (Phi) is 2.04. The van der Waals surface area contributed by atoms with Gasteiger partial charge in [0.2, 0.25) is 0 Å². The molecule has 1 saturated carbocycles. The quantitative estimate of drug-likeness (QED) is 0.858. The number of fused-ring (bicyclic) bond motifs is 1. The molecule has 6 heteroatoms. The highest BCUT2D eigenvalue weighted by atomic mass is 79.9. The number of aromatic nitrogens is 1. The summed E-state index contributed by atoms with van der Waals surface area (Å²) >= 11 is 3.46. The van der Waals surface area contributed by atoms with Gasteiger partial charge in [-0.3, -0.25) is 0 Å². The molecule has 2 heterocycles. The molecule has 0 aromatic carbocycles. The molecule has 5 nitrogen and oxygen atoms in total. The maximum atomic E-state index is 10.8. The molecule has 2 aliphatic rings. The van der Waals surface area contributed by atoms with E-state index in [0.29, 0.717) is 30.8 Å². The van der Waals surface area contributed by atoms with Crippen LogP contribution in [0.2, 0.25) is 0 Å². The first-order valence-electron chi connectivity index (χ1n) is 5.19. The number of rotatable bonds is 1. The molecule has 1 saturated heterocycles. The minimum atomic E-state index is -0.818. The number of hydrogen-bond acceptors (Lipinski definition) is 3. The van der Waals surface area contributed by atoms with Gasteiger partial charge in [-0.2, -0.15) is 0 Å². The van der Waals surface area contributed by atoms with E-state index in [1.807, 2.05) is 6.92 Å². The van der Waals surface area contributed by atoms with Gasteiger partial charge in [-0.1, -0.05) is 5.16 Å². The monoisotopic (exact) mass is 286 g/mol. The molecule has 1 aromatic rings. The Morgan fingerprint density at radius 3 is 2.62 bits per heavy atom. The van der Waals surface area contributed by atoms with Gasteiger partial charge in [0.15, 0.2) is 0 Å². The zero-order chi connectivity index (χ0) is 11.4. The van der Waals surface area contributed by atoms with Crippen molar-refractivity contribution >= 4 is 22.0 Å². The number of hydrogen-bond donors (Lipinski definition) is 1. The van der Waals surface area contributed by atoms with Crippen molar-refractivity contribution in [2.75, 3.05) is 13.1 Å². The van der Waals surface area contributed by atoms with Crippen molar-refractivity contribution in [2.45, 2.75) is 12.8 Å². The van der Waals surface area contributed by atoms with E-state index < -0.39 is 6.09 Å². The van der Waals surface area contributed by atoms with Crippen LogP contribution in [-0.2, 0) is 0 Å². The Morgan fingerprint density at radius 1 is 1.56 bits per heavy atom. The third kappa shape index (κ3) is 1.29. The maximum Gasteiger partial charge on any atom is 0.407 e. The van der Waals surface area contributed by atoms with Crippen LogP contribution in [0, 0.1) is 18.8 Å². The smallest absolute Gasteiger partial charge is 0.407 e. The highest BCUT2D eigenvalue weighted by Crippen LogP contribution is 2.59. The van der Waals surface area contributed by atoms with Crippen molar-refractivity contribution in [2.24, 2.45) is 11.8 Å². The highest BCUT2D eigenvalue weighted by Gasteiger charge is 2.59. The lowest BCUT2D eigenvalue weighted by atomic mass is 10.2. The second-order valence-corrected chi connectivity index (χ2v) is 5.27. The standard InChI is InChI=1S/C10H11BrN2O3/c1-4-8(11)9(12-16-4)7-5-2-13(10(14)15)3-6(5)7/h5-7H,2-3H2,1H3,(H,14,15). The third-order valence-electron chi connectivity index (χ3n) is 3.60. The van der Waals surface area contributed by atoms with E-state index in [4.69, 9.17) is 9.63 Å². The van der Waals surface area contributed by atoms with Crippen molar-refractivity contribution in [3.8, 4) is 0 Å². The second-order valence-electron chi connectivity index (χ2n) is 4.48. The average molecular weight is 287 g/mol. The molecule has 2 atom stereocenters. The van der Waals surface area contributed by atoms with Gasteiger partial charge in [-0.15, -0.1) is 0 Å². The number of halogens is 1. The maximum absolute atomic E-state index is 10.8. The number of carboxylic acid groups (broad SMARTS) is 1. The Hall–Kier alpha value is -1.04. The van der Waals surface area contributed by atoms with Gasteiger partial charge in [-0.25, -0.2) is 4.79 Å². The van der Waals surface area contributed by atoms with Crippen molar-refractivity contribution < 1.29 is 14.4 Å². The summed E-state index contributed by atoms with van der Waals surface area (Å²) in [5.74, 6) is 2.02. The van der Waals surface area contributed by atoms with Crippen LogP contribution in [0.4, 0.5) is 4.79 Å². The van der Waals surface area contributed by atoms with E-state index in [1.54, 1.807) is 0 Å². The molecule has 2 fully saturated rings. The zero-order valence-corrected chi connectivity index (χ0v) is 10.3. The fourth-order valence-electron chi connectivity index (χ4n) is 2.67. The predicted octanol–water partition coefficient (Wildman–Crippen LogP) is 2.07. The largest absolute Gasteiger partial charge is 0.465 e. The van der Waals surface area contributed by atoms with Crippen molar-refractivity contribution in [3.05, 3.63) is 15.9 Å². The Bertz CT molecular complexity index is 447. The van der Waals surface area contributed by atoms with E-state index >= 15 is 0 Å². The molecule has 0 bridgehead atoms. The van der Waals surface area contributed by atoms with E-state index in [-0.39, 0.29) is 0 Å². The molecule has 1 N–H and O–H groups in total. The second kappa shape index (κ2) is 3.23. The van der Waals surface area contributed by atoms with Gasteiger partial charge < -0.3 is 14.5 Å². The van der Waals surface area contributed by atoms with Crippen LogP contribution < -0.4 is 0 Å². The van der Waals surface area contributed by atoms with E-state index in [9.17, 15) is 4.79 Å².